The van der Waals surface area contributed by atoms with E-state index in [0.29, 0.717) is 16.8 Å². The molecular weight excluding hydrogens is 344 g/mol. The van der Waals surface area contributed by atoms with Gasteiger partial charge in [0.15, 0.2) is 0 Å². The van der Waals surface area contributed by atoms with Gasteiger partial charge in [0.25, 0.3) is 0 Å². The molecule has 0 radical (unpaired) electrons. The third kappa shape index (κ3) is 2.29. The molecule has 0 aliphatic carbocycles. The molecule has 0 aliphatic heterocycles. The monoisotopic (exact) mass is 356 g/mol. The van der Waals surface area contributed by atoms with Crippen molar-refractivity contribution in [3.63, 3.8) is 0 Å². The van der Waals surface area contributed by atoms with Crippen LogP contribution in [0.1, 0.15) is 5.56 Å². The molecule has 3 aromatic heterocycles. The molecule has 0 atom stereocenters. The van der Waals surface area contributed by atoms with Gasteiger partial charge in [-0.1, -0.05) is 35.1 Å². The van der Waals surface area contributed by atoms with E-state index in [4.69, 9.17) is 0 Å². The minimum Gasteiger partial charge on any atom is -0.421 e. The van der Waals surface area contributed by atoms with Crippen molar-refractivity contribution >= 4 is 32.9 Å². The molecule has 0 saturated heterocycles. The number of benzene rings is 1. The maximum Gasteiger partial charge on any atom is 0.365 e. The normalized spacial score (nSPS) is 11.2. The zero-order valence-electron chi connectivity index (χ0n) is 12.4. The van der Waals surface area contributed by atoms with Crippen LogP contribution in [0.4, 0.5) is 0 Å². The second kappa shape index (κ2) is 5.77. The molecule has 0 aliphatic rings. The number of hydrogen-bond acceptors (Lipinski definition) is 5. The summed E-state index contributed by atoms with van der Waals surface area (Å²) in [4.78, 5) is 24.8. The van der Waals surface area contributed by atoms with Crippen LogP contribution < -0.4 is 11.2 Å². The molecule has 5 nitrogen and oxygen atoms in total. The van der Waals surface area contributed by atoms with Crippen molar-refractivity contribution in [3.05, 3.63) is 78.9 Å². The molecular formula is C17H12N2O3S2. The number of thiophene rings is 2. The average molecular weight is 356 g/mol. The molecule has 4 rings (SSSR count). The lowest BCUT2D eigenvalue weighted by molar-refractivity contribution is 0.158. The van der Waals surface area contributed by atoms with Gasteiger partial charge in [-0.05, 0) is 28.0 Å². The maximum atomic E-state index is 12.5. The van der Waals surface area contributed by atoms with Crippen LogP contribution in [0.2, 0.25) is 0 Å². The molecule has 0 amide bonds. The van der Waals surface area contributed by atoms with Crippen molar-refractivity contribution in [2.24, 2.45) is 0 Å². The minimum absolute atomic E-state index is 0.194. The van der Waals surface area contributed by atoms with Gasteiger partial charge in [-0.2, -0.15) is 11.3 Å². The molecule has 0 fully saturated rings. The van der Waals surface area contributed by atoms with Gasteiger partial charge < -0.3 is 5.21 Å². The van der Waals surface area contributed by atoms with E-state index in [0.717, 1.165) is 16.7 Å². The highest BCUT2D eigenvalue weighted by Gasteiger charge is 2.18. The Balaban J connectivity index is 2.07. The van der Waals surface area contributed by atoms with Crippen molar-refractivity contribution in [2.75, 3.05) is 0 Å². The van der Waals surface area contributed by atoms with Gasteiger partial charge in [-0.3, -0.25) is 9.36 Å². The largest absolute Gasteiger partial charge is 0.421 e. The summed E-state index contributed by atoms with van der Waals surface area (Å²) in [5, 5.41) is 15.6. The SMILES string of the molecule is O=c1c2scc(-c3ccccc3)c2n(Cc2ccsc2)c(=O)n1O. The van der Waals surface area contributed by atoms with Gasteiger partial charge in [0.1, 0.15) is 4.70 Å². The first kappa shape index (κ1) is 14.9. The smallest absolute Gasteiger partial charge is 0.365 e. The zero-order chi connectivity index (χ0) is 16.7. The minimum atomic E-state index is -0.728. The van der Waals surface area contributed by atoms with Crippen LogP contribution in [0, 0.1) is 0 Å². The highest BCUT2D eigenvalue weighted by atomic mass is 32.1. The Bertz CT molecular complexity index is 1120. The topological polar surface area (TPSA) is 64.2 Å². The van der Waals surface area contributed by atoms with E-state index in [9.17, 15) is 14.8 Å². The van der Waals surface area contributed by atoms with E-state index in [1.807, 2.05) is 52.5 Å². The Kier molecular flexibility index (Phi) is 3.59. The van der Waals surface area contributed by atoms with E-state index in [-0.39, 0.29) is 4.73 Å². The van der Waals surface area contributed by atoms with Crippen molar-refractivity contribution < 1.29 is 5.21 Å². The highest BCUT2D eigenvalue weighted by Crippen LogP contribution is 2.31. The lowest BCUT2D eigenvalue weighted by atomic mass is 10.1. The fraction of sp³-hybridized carbons (Fsp3) is 0.0588. The van der Waals surface area contributed by atoms with E-state index in [1.54, 1.807) is 0 Å². The number of rotatable bonds is 3. The molecule has 0 spiro atoms. The molecule has 1 N–H and O–H groups in total. The molecule has 4 aromatic rings. The maximum absolute atomic E-state index is 12.5. The predicted molar refractivity (Wildman–Crippen MR) is 96.4 cm³/mol. The predicted octanol–water partition coefficient (Wildman–Crippen LogP) is 3.24. The van der Waals surface area contributed by atoms with Gasteiger partial charge in [-0.25, -0.2) is 4.79 Å². The fourth-order valence-corrected chi connectivity index (χ4v) is 4.36. The molecule has 120 valence electrons. The van der Waals surface area contributed by atoms with Crippen molar-refractivity contribution in [1.29, 1.82) is 0 Å². The van der Waals surface area contributed by atoms with E-state index in [1.165, 1.54) is 27.2 Å². The summed E-state index contributed by atoms with van der Waals surface area (Å²) in [5.74, 6) is 0. The Morgan fingerprint density at radius 3 is 2.54 bits per heavy atom. The zero-order valence-corrected chi connectivity index (χ0v) is 14.0. The van der Waals surface area contributed by atoms with E-state index in [2.05, 4.69) is 0 Å². The van der Waals surface area contributed by atoms with E-state index < -0.39 is 11.2 Å². The second-order valence-electron chi connectivity index (χ2n) is 5.31. The Labute approximate surface area is 144 Å². The second-order valence-corrected chi connectivity index (χ2v) is 6.97. The first-order valence-corrected chi connectivity index (χ1v) is 9.02. The Hall–Kier alpha value is -2.64. The van der Waals surface area contributed by atoms with Gasteiger partial charge in [0, 0.05) is 10.9 Å². The molecule has 0 bridgehead atoms. The van der Waals surface area contributed by atoms with Crippen LogP contribution in [0.25, 0.3) is 21.3 Å². The van der Waals surface area contributed by atoms with Crippen LogP contribution in [0.3, 0.4) is 0 Å². The third-order valence-electron chi connectivity index (χ3n) is 3.84. The number of nitrogens with zero attached hydrogens (tertiary/aromatic N) is 2. The first-order valence-electron chi connectivity index (χ1n) is 7.19. The molecule has 1 aromatic carbocycles. The van der Waals surface area contributed by atoms with Gasteiger partial charge in [0.05, 0.1) is 12.1 Å². The average Bonchev–Trinajstić information content (AvgIpc) is 3.27. The third-order valence-corrected chi connectivity index (χ3v) is 5.53. The van der Waals surface area contributed by atoms with Crippen LogP contribution in [-0.2, 0) is 6.54 Å². The summed E-state index contributed by atoms with van der Waals surface area (Å²) in [5.41, 5.74) is 1.86. The Morgan fingerprint density at radius 1 is 1.04 bits per heavy atom. The van der Waals surface area contributed by atoms with Crippen LogP contribution in [-0.4, -0.2) is 14.5 Å². The fourth-order valence-electron chi connectivity index (χ4n) is 2.70. The summed E-state index contributed by atoms with van der Waals surface area (Å²) < 4.78 is 2.02. The lowest BCUT2D eigenvalue weighted by Gasteiger charge is -2.10. The highest BCUT2D eigenvalue weighted by molar-refractivity contribution is 7.17. The molecule has 3 heterocycles. The van der Waals surface area contributed by atoms with Crippen LogP contribution >= 0.6 is 22.7 Å². The van der Waals surface area contributed by atoms with Gasteiger partial charge in [-0.15, -0.1) is 11.3 Å². The van der Waals surface area contributed by atoms with Crippen LogP contribution in [0.15, 0.2) is 62.1 Å². The molecule has 7 heteroatoms. The molecule has 0 unspecified atom stereocenters. The van der Waals surface area contributed by atoms with Gasteiger partial charge in [0.2, 0.25) is 0 Å². The first-order chi connectivity index (χ1) is 11.7. The van der Waals surface area contributed by atoms with Crippen molar-refractivity contribution in [3.8, 4) is 11.1 Å². The summed E-state index contributed by atoms with van der Waals surface area (Å²) in [7, 11) is 0. The Morgan fingerprint density at radius 2 is 1.83 bits per heavy atom. The molecule has 0 saturated carbocycles. The van der Waals surface area contributed by atoms with Crippen LogP contribution in [0.5, 0.6) is 0 Å². The standard InChI is InChI=1S/C17H12N2O3S2/c20-16-15-14(13(10-24-15)12-4-2-1-3-5-12)18(17(21)19(16)22)8-11-6-7-23-9-11/h1-7,9-10,22H,8H2. The number of fused-ring (bicyclic) bond motifs is 1. The van der Waals surface area contributed by atoms with E-state index >= 15 is 0 Å². The van der Waals surface area contributed by atoms with Crippen molar-refractivity contribution in [1.82, 2.24) is 9.30 Å². The quantitative estimate of drug-likeness (QED) is 0.573. The lowest BCUT2D eigenvalue weighted by Crippen LogP contribution is -2.38. The summed E-state index contributed by atoms with van der Waals surface area (Å²) in [6.07, 6.45) is 0. The summed E-state index contributed by atoms with van der Waals surface area (Å²) in [6.45, 7) is 0.302. The molecule has 24 heavy (non-hydrogen) atoms. The number of hydrogen-bond donors (Lipinski definition) is 1. The van der Waals surface area contributed by atoms with Gasteiger partial charge >= 0.3 is 11.2 Å². The summed E-state index contributed by atoms with van der Waals surface area (Å²) >= 11 is 2.77. The van der Waals surface area contributed by atoms with Crippen molar-refractivity contribution in [2.45, 2.75) is 6.54 Å². The summed E-state index contributed by atoms with van der Waals surface area (Å²) in [6, 6.07) is 11.5. The number of aromatic nitrogens is 2.